The van der Waals surface area contributed by atoms with Gasteiger partial charge in [-0.2, -0.15) is 9.97 Å². The normalized spacial score (nSPS) is 26.4. The standard InChI is InChI=1S/C15H22N2O3S/c1-9-5-10(2)11(6-9)12(8-18)21-15-16-13(19-3)7-14(17-15)20-4/h7-12H,5-6H2,1-4H3. The molecule has 1 saturated carbocycles. The second-order valence-corrected chi connectivity index (χ2v) is 6.82. The fraction of sp³-hybridized carbons (Fsp3) is 0.667. The van der Waals surface area contributed by atoms with Gasteiger partial charge in [0.1, 0.15) is 6.29 Å². The highest BCUT2D eigenvalue weighted by Crippen LogP contribution is 2.42. The Morgan fingerprint density at radius 2 is 1.86 bits per heavy atom. The molecule has 5 nitrogen and oxygen atoms in total. The van der Waals surface area contributed by atoms with Gasteiger partial charge >= 0.3 is 0 Å². The molecule has 0 amide bonds. The second kappa shape index (κ2) is 7.11. The summed E-state index contributed by atoms with van der Waals surface area (Å²) in [7, 11) is 3.10. The van der Waals surface area contributed by atoms with Crippen molar-refractivity contribution in [1.29, 1.82) is 0 Å². The molecule has 21 heavy (non-hydrogen) atoms. The van der Waals surface area contributed by atoms with Gasteiger partial charge in [0.15, 0.2) is 5.16 Å². The number of rotatable bonds is 6. The van der Waals surface area contributed by atoms with E-state index in [4.69, 9.17) is 9.47 Å². The molecular formula is C15H22N2O3S. The van der Waals surface area contributed by atoms with Crippen LogP contribution in [0.4, 0.5) is 0 Å². The van der Waals surface area contributed by atoms with Gasteiger partial charge in [-0.15, -0.1) is 0 Å². The average Bonchev–Trinajstić information content (AvgIpc) is 2.82. The Hall–Kier alpha value is -1.30. The molecule has 1 aromatic rings. The summed E-state index contributed by atoms with van der Waals surface area (Å²) in [6, 6.07) is 1.63. The highest BCUT2D eigenvalue weighted by Gasteiger charge is 2.35. The molecule has 0 spiro atoms. The number of thioether (sulfide) groups is 1. The average molecular weight is 310 g/mol. The molecule has 1 fully saturated rings. The number of aromatic nitrogens is 2. The van der Waals surface area contributed by atoms with Crippen molar-refractivity contribution in [2.45, 2.75) is 37.1 Å². The third kappa shape index (κ3) is 3.87. The van der Waals surface area contributed by atoms with Crippen LogP contribution in [0.25, 0.3) is 0 Å². The number of carbonyl (C=O) groups excluding carboxylic acids is 1. The number of hydrogen-bond donors (Lipinski definition) is 0. The molecule has 0 saturated heterocycles. The molecule has 0 aliphatic heterocycles. The zero-order valence-electron chi connectivity index (χ0n) is 12.9. The fourth-order valence-electron chi connectivity index (χ4n) is 3.04. The zero-order chi connectivity index (χ0) is 15.4. The van der Waals surface area contributed by atoms with E-state index in [9.17, 15) is 4.79 Å². The molecule has 1 aromatic heterocycles. The van der Waals surface area contributed by atoms with E-state index >= 15 is 0 Å². The molecule has 1 heterocycles. The molecule has 2 rings (SSSR count). The predicted molar refractivity (Wildman–Crippen MR) is 81.9 cm³/mol. The van der Waals surface area contributed by atoms with Crippen molar-refractivity contribution in [1.82, 2.24) is 9.97 Å². The van der Waals surface area contributed by atoms with Crippen LogP contribution in [0, 0.1) is 17.8 Å². The first-order valence-electron chi connectivity index (χ1n) is 7.16. The van der Waals surface area contributed by atoms with Gasteiger partial charge in [-0.05, 0) is 30.6 Å². The summed E-state index contributed by atoms with van der Waals surface area (Å²) in [6.45, 7) is 4.46. The van der Waals surface area contributed by atoms with Crippen LogP contribution in [0.3, 0.4) is 0 Å². The molecule has 0 bridgehead atoms. The monoisotopic (exact) mass is 310 g/mol. The Labute approximate surface area is 129 Å². The summed E-state index contributed by atoms with van der Waals surface area (Å²) in [5.41, 5.74) is 0. The first kappa shape index (κ1) is 16.1. The summed E-state index contributed by atoms with van der Waals surface area (Å²) in [5.74, 6) is 2.50. The minimum Gasteiger partial charge on any atom is -0.481 e. The van der Waals surface area contributed by atoms with Crippen molar-refractivity contribution in [2.75, 3.05) is 14.2 Å². The maximum absolute atomic E-state index is 11.5. The van der Waals surface area contributed by atoms with Crippen LogP contribution < -0.4 is 9.47 Å². The van der Waals surface area contributed by atoms with E-state index in [2.05, 4.69) is 23.8 Å². The highest BCUT2D eigenvalue weighted by molar-refractivity contribution is 8.00. The quantitative estimate of drug-likeness (QED) is 0.457. The first-order valence-corrected chi connectivity index (χ1v) is 8.04. The molecule has 4 atom stereocenters. The van der Waals surface area contributed by atoms with E-state index in [1.807, 2.05) is 0 Å². The van der Waals surface area contributed by atoms with Gasteiger partial charge < -0.3 is 14.3 Å². The summed E-state index contributed by atoms with van der Waals surface area (Å²) >= 11 is 1.40. The summed E-state index contributed by atoms with van der Waals surface area (Å²) in [4.78, 5) is 20.1. The van der Waals surface area contributed by atoms with Gasteiger partial charge in [0.05, 0.1) is 25.5 Å². The molecule has 116 valence electrons. The van der Waals surface area contributed by atoms with Crippen molar-refractivity contribution in [3.8, 4) is 11.8 Å². The third-order valence-electron chi connectivity index (χ3n) is 4.05. The number of hydrogen-bond acceptors (Lipinski definition) is 6. The lowest BCUT2D eigenvalue weighted by Crippen LogP contribution is -2.21. The Kier molecular flexibility index (Phi) is 5.45. The summed E-state index contributed by atoms with van der Waals surface area (Å²) < 4.78 is 10.3. The maximum atomic E-state index is 11.5. The zero-order valence-corrected chi connectivity index (χ0v) is 13.7. The van der Waals surface area contributed by atoms with Crippen molar-refractivity contribution in [3.05, 3.63) is 6.07 Å². The lowest BCUT2D eigenvalue weighted by molar-refractivity contribution is -0.108. The lowest BCUT2D eigenvalue weighted by Gasteiger charge is -2.21. The molecule has 6 heteroatoms. The van der Waals surface area contributed by atoms with Gasteiger partial charge in [-0.1, -0.05) is 25.6 Å². The van der Waals surface area contributed by atoms with Gasteiger partial charge in [-0.25, -0.2) is 0 Å². The lowest BCUT2D eigenvalue weighted by atomic mass is 9.95. The van der Waals surface area contributed by atoms with Gasteiger partial charge in [0.25, 0.3) is 0 Å². The highest BCUT2D eigenvalue weighted by atomic mass is 32.2. The van der Waals surface area contributed by atoms with Crippen LogP contribution in [0.2, 0.25) is 0 Å². The molecule has 4 unspecified atom stereocenters. The van der Waals surface area contributed by atoms with Crippen LogP contribution in [0.1, 0.15) is 26.7 Å². The number of nitrogens with zero attached hydrogens (tertiary/aromatic N) is 2. The van der Waals surface area contributed by atoms with E-state index in [0.717, 1.165) is 12.7 Å². The smallest absolute Gasteiger partial charge is 0.220 e. The van der Waals surface area contributed by atoms with Crippen molar-refractivity contribution in [3.63, 3.8) is 0 Å². The Bertz CT molecular complexity index is 476. The topological polar surface area (TPSA) is 61.3 Å². The number of carbonyl (C=O) groups is 1. The molecule has 1 aliphatic carbocycles. The van der Waals surface area contributed by atoms with E-state index < -0.39 is 0 Å². The van der Waals surface area contributed by atoms with Crippen LogP contribution in [0.15, 0.2) is 11.2 Å². The van der Waals surface area contributed by atoms with Crippen LogP contribution in [-0.4, -0.2) is 35.7 Å². The number of aldehydes is 1. The minimum absolute atomic E-state index is 0.123. The van der Waals surface area contributed by atoms with Crippen molar-refractivity contribution >= 4 is 18.0 Å². The Morgan fingerprint density at radius 1 is 1.24 bits per heavy atom. The number of ether oxygens (including phenoxy) is 2. The van der Waals surface area contributed by atoms with Gasteiger partial charge in [0.2, 0.25) is 11.8 Å². The van der Waals surface area contributed by atoms with Crippen LogP contribution in [-0.2, 0) is 4.79 Å². The predicted octanol–water partition coefficient (Wildman–Crippen LogP) is 2.84. The van der Waals surface area contributed by atoms with Crippen LogP contribution in [0.5, 0.6) is 11.8 Å². The molecule has 0 aromatic carbocycles. The largest absolute Gasteiger partial charge is 0.481 e. The fourth-order valence-corrected chi connectivity index (χ4v) is 4.18. The van der Waals surface area contributed by atoms with E-state index in [1.165, 1.54) is 18.2 Å². The maximum Gasteiger partial charge on any atom is 0.220 e. The van der Waals surface area contributed by atoms with E-state index in [-0.39, 0.29) is 5.25 Å². The van der Waals surface area contributed by atoms with Gasteiger partial charge in [0, 0.05) is 0 Å². The van der Waals surface area contributed by atoms with Gasteiger partial charge in [-0.3, -0.25) is 0 Å². The first-order chi connectivity index (χ1) is 10.1. The van der Waals surface area contributed by atoms with Crippen LogP contribution >= 0.6 is 11.8 Å². The number of methoxy groups -OCH3 is 2. The second-order valence-electron chi connectivity index (χ2n) is 5.67. The minimum atomic E-state index is -0.123. The summed E-state index contributed by atoms with van der Waals surface area (Å²) in [5, 5.41) is 0.400. The van der Waals surface area contributed by atoms with E-state index in [0.29, 0.717) is 34.7 Å². The third-order valence-corrected chi connectivity index (χ3v) is 5.18. The van der Waals surface area contributed by atoms with Crippen molar-refractivity contribution in [2.24, 2.45) is 17.8 Å². The Balaban J connectivity index is 2.16. The molecule has 0 radical (unpaired) electrons. The van der Waals surface area contributed by atoms with Crippen molar-refractivity contribution < 1.29 is 14.3 Å². The summed E-state index contributed by atoms with van der Waals surface area (Å²) in [6.07, 6.45) is 3.29. The molecule has 0 N–H and O–H groups in total. The van der Waals surface area contributed by atoms with E-state index in [1.54, 1.807) is 20.3 Å². The molecular weight excluding hydrogens is 288 g/mol. The Morgan fingerprint density at radius 3 is 2.29 bits per heavy atom. The SMILES string of the molecule is COc1cc(OC)nc(SC(C=O)C2CC(C)CC2C)n1. The molecule has 1 aliphatic rings.